The number of pyridine rings is 3. The lowest BCUT2D eigenvalue weighted by Gasteiger charge is -2.10. The summed E-state index contributed by atoms with van der Waals surface area (Å²) in [4.78, 5) is 20.9. The molecular formula is C16H15N3O. The summed E-state index contributed by atoms with van der Waals surface area (Å²) < 4.78 is 1.59. The van der Waals surface area contributed by atoms with Gasteiger partial charge in [0.2, 0.25) is 0 Å². The topological polar surface area (TPSA) is 47.8 Å². The summed E-state index contributed by atoms with van der Waals surface area (Å²) in [6.45, 7) is 4.18. The first kappa shape index (κ1) is 12.5. The molecule has 4 nitrogen and oxygen atoms in total. The fourth-order valence-corrected chi connectivity index (χ4v) is 2.19. The lowest BCUT2D eigenvalue weighted by Crippen LogP contribution is -2.18. The zero-order valence-corrected chi connectivity index (χ0v) is 11.4. The van der Waals surface area contributed by atoms with Gasteiger partial charge >= 0.3 is 0 Å². The minimum Gasteiger partial charge on any atom is -0.269 e. The SMILES string of the molecule is CC(C)c1ccc(-n2c(=O)ccc3cccnc32)cn1. The predicted molar refractivity (Wildman–Crippen MR) is 79.2 cm³/mol. The number of aromatic nitrogens is 3. The highest BCUT2D eigenvalue weighted by Crippen LogP contribution is 2.16. The maximum Gasteiger partial charge on any atom is 0.256 e. The monoisotopic (exact) mass is 265 g/mol. The van der Waals surface area contributed by atoms with Gasteiger partial charge in [0, 0.05) is 23.3 Å². The molecular weight excluding hydrogens is 250 g/mol. The molecule has 0 saturated carbocycles. The zero-order valence-electron chi connectivity index (χ0n) is 11.4. The Balaban J connectivity index is 2.23. The van der Waals surface area contributed by atoms with E-state index in [1.165, 1.54) is 0 Å². The largest absolute Gasteiger partial charge is 0.269 e. The molecule has 100 valence electrons. The number of rotatable bonds is 2. The van der Waals surface area contributed by atoms with Crippen molar-refractivity contribution in [1.29, 1.82) is 0 Å². The summed E-state index contributed by atoms with van der Waals surface area (Å²) in [5.41, 5.74) is 2.30. The lowest BCUT2D eigenvalue weighted by molar-refractivity contribution is 0.819. The number of nitrogens with zero attached hydrogens (tertiary/aromatic N) is 3. The van der Waals surface area contributed by atoms with Gasteiger partial charge in [-0.25, -0.2) is 4.98 Å². The van der Waals surface area contributed by atoms with E-state index in [9.17, 15) is 4.79 Å². The van der Waals surface area contributed by atoms with E-state index in [-0.39, 0.29) is 5.56 Å². The second kappa shape index (κ2) is 4.89. The molecule has 4 heteroatoms. The van der Waals surface area contributed by atoms with Crippen LogP contribution in [0.1, 0.15) is 25.5 Å². The summed E-state index contributed by atoms with van der Waals surface area (Å²) >= 11 is 0. The average molecular weight is 265 g/mol. The Hall–Kier alpha value is -2.49. The summed E-state index contributed by atoms with van der Waals surface area (Å²) in [5.74, 6) is 0.367. The summed E-state index contributed by atoms with van der Waals surface area (Å²) in [7, 11) is 0. The van der Waals surface area contributed by atoms with Gasteiger partial charge in [0.15, 0.2) is 0 Å². The number of hydrogen-bond donors (Lipinski definition) is 0. The molecule has 0 unspecified atom stereocenters. The van der Waals surface area contributed by atoms with Crippen LogP contribution in [-0.2, 0) is 0 Å². The van der Waals surface area contributed by atoms with Gasteiger partial charge in [-0.3, -0.25) is 14.3 Å². The zero-order chi connectivity index (χ0) is 14.1. The van der Waals surface area contributed by atoms with Crippen LogP contribution in [0.3, 0.4) is 0 Å². The molecule has 0 N–H and O–H groups in total. The molecule has 0 saturated heterocycles. The highest BCUT2D eigenvalue weighted by Gasteiger charge is 2.07. The van der Waals surface area contributed by atoms with Crippen molar-refractivity contribution >= 4 is 11.0 Å². The molecule has 0 aliphatic carbocycles. The summed E-state index contributed by atoms with van der Waals surface area (Å²) in [6.07, 6.45) is 3.42. The van der Waals surface area contributed by atoms with E-state index in [1.807, 2.05) is 24.3 Å². The highest BCUT2D eigenvalue weighted by atomic mass is 16.1. The van der Waals surface area contributed by atoms with Crippen LogP contribution in [0.25, 0.3) is 16.7 Å². The third-order valence-corrected chi connectivity index (χ3v) is 3.28. The molecule has 0 amide bonds. The van der Waals surface area contributed by atoms with Crippen molar-refractivity contribution in [2.45, 2.75) is 19.8 Å². The Kier molecular flexibility index (Phi) is 3.06. The Morgan fingerprint density at radius 2 is 1.90 bits per heavy atom. The van der Waals surface area contributed by atoms with Crippen molar-refractivity contribution in [2.24, 2.45) is 0 Å². The normalized spacial score (nSPS) is 11.2. The van der Waals surface area contributed by atoms with Crippen LogP contribution in [0.2, 0.25) is 0 Å². The minimum atomic E-state index is -0.102. The minimum absolute atomic E-state index is 0.102. The second-order valence-electron chi connectivity index (χ2n) is 5.02. The first-order valence-electron chi connectivity index (χ1n) is 6.60. The Morgan fingerprint density at radius 1 is 1.05 bits per heavy atom. The van der Waals surface area contributed by atoms with Crippen LogP contribution in [0.15, 0.2) is 53.6 Å². The van der Waals surface area contributed by atoms with E-state index in [4.69, 9.17) is 0 Å². The lowest BCUT2D eigenvalue weighted by atomic mass is 10.1. The van der Waals surface area contributed by atoms with Crippen molar-refractivity contribution in [1.82, 2.24) is 14.5 Å². The maximum absolute atomic E-state index is 12.1. The molecule has 0 atom stereocenters. The molecule has 0 radical (unpaired) electrons. The fourth-order valence-electron chi connectivity index (χ4n) is 2.19. The van der Waals surface area contributed by atoms with Gasteiger partial charge in [-0.1, -0.05) is 13.8 Å². The number of hydrogen-bond acceptors (Lipinski definition) is 3. The van der Waals surface area contributed by atoms with E-state index < -0.39 is 0 Å². The van der Waals surface area contributed by atoms with E-state index >= 15 is 0 Å². The van der Waals surface area contributed by atoms with Gasteiger partial charge in [-0.15, -0.1) is 0 Å². The molecule has 0 bridgehead atoms. The van der Waals surface area contributed by atoms with Crippen LogP contribution < -0.4 is 5.56 Å². The van der Waals surface area contributed by atoms with E-state index in [0.717, 1.165) is 16.8 Å². The second-order valence-corrected chi connectivity index (χ2v) is 5.02. The number of fused-ring (bicyclic) bond motifs is 1. The van der Waals surface area contributed by atoms with Crippen molar-refractivity contribution in [3.8, 4) is 5.69 Å². The van der Waals surface area contributed by atoms with Crippen LogP contribution in [0.4, 0.5) is 0 Å². The van der Waals surface area contributed by atoms with Crippen molar-refractivity contribution in [3.63, 3.8) is 0 Å². The van der Waals surface area contributed by atoms with Crippen LogP contribution in [-0.4, -0.2) is 14.5 Å². The molecule has 0 aliphatic rings. The van der Waals surface area contributed by atoms with Gasteiger partial charge in [-0.2, -0.15) is 0 Å². The highest BCUT2D eigenvalue weighted by molar-refractivity contribution is 5.76. The fraction of sp³-hybridized carbons (Fsp3) is 0.188. The summed E-state index contributed by atoms with van der Waals surface area (Å²) in [5, 5.41) is 0.931. The molecule has 0 spiro atoms. The first-order valence-corrected chi connectivity index (χ1v) is 6.60. The Bertz CT molecular complexity index is 804. The average Bonchev–Trinajstić information content (AvgIpc) is 2.47. The van der Waals surface area contributed by atoms with Gasteiger partial charge < -0.3 is 0 Å². The van der Waals surface area contributed by atoms with E-state index in [0.29, 0.717) is 11.6 Å². The van der Waals surface area contributed by atoms with Gasteiger partial charge in [-0.05, 0) is 36.2 Å². The Morgan fingerprint density at radius 3 is 2.60 bits per heavy atom. The quantitative estimate of drug-likeness (QED) is 0.715. The van der Waals surface area contributed by atoms with Gasteiger partial charge in [0.25, 0.3) is 5.56 Å². The molecule has 3 aromatic rings. The molecule has 3 heterocycles. The predicted octanol–water partition coefficient (Wildman–Crippen LogP) is 2.90. The molecule has 20 heavy (non-hydrogen) atoms. The van der Waals surface area contributed by atoms with Crippen molar-refractivity contribution < 1.29 is 0 Å². The van der Waals surface area contributed by atoms with Crippen LogP contribution in [0, 0.1) is 0 Å². The molecule has 3 aromatic heterocycles. The van der Waals surface area contributed by atoms with Crippen molar-refractivity contribution in [3.05, 3.63) is 64.8 Å². The summed E-state index contributed by atoms with van der Waals surface area (Å²) in [6, 6.07) is 11.0. The third kappa shape index (κ3) is 2.09. The van der Waals surface area contributed by atoms with E-state index in [1.54, 1.807) is 29.1 Å². The first-order chi connectivity index (χ1) is 9.66. The maximum atomic E-state index is 12.1. The van der Waals surface area contributed by atoms with Crippen LogP contribution in [0.5, 0.6) is 0 Å². The van der Waals surface area contributed by atoms with Gasteiger partial charge in [0.05, 0.1) is 11.9 Å². The smallest absolute Gasteiger partial charge is 0.256 e. The standard InChI is InChI=1S/C16H15N3O/c1-11(2)14-7-6-13(10-18-14)19-15(20)8-5-12-4-3-9-17-16(12)19/h3-11H,1-2H3. The molecule has 0 aromatic carbocycles. The molecule has 0 aliphatic heterocycles. The Labute approximate surface area is 116 Å². The molecule has 0 fully saturated rings. The van der Waals surface area contributed by atoms with Crippen molar-refractivity contribution in [2.75, 3.05) is 0 Å². The van der Waals surface area contributed by atoms with Crippen LogP contribution >= 0.6 is 0 Å². The third-order valence-electron chi connectivity index (χ3n) is 3.28. The van der Waals surface area contributed by atoms with E-state index in [2.05, 4.69) is 23.8 Å². The van der Waals surface area contributed by atoms with Gasteiger partial charge in [0.1, 0.15) is 5.65 Å². The molecule has 3 rings (SSSR count).